The van der Waals surface area contributed by atoms with Crippen molar-refractivity contribution >= 4 is 17.9 Å². The molecular formula is C75H128O6. The number of allylic oxidation sites excluding steroid dienone is 18. The van der Waals surface area contributed by atoms with Crippen LogP contribution in [0.15, 0.2) is 109 Å². The molecule has 0 N–H and O–H groups in total. The van der Waals surface area contributed by atoms with Crippen LogP contribution in [0.1, 0.15) is 329 Å². The van der Waals surface area contributed by atoms with E-state index in [4.69, 9.17) is 14.2 Å². The first-order valence-corrected chi connectivity index (χ1v) is 34.4. The number of ether oxygens (including phenoxy) is 3. The zero-order valence-corrected chi connectivity index (χ0v) is 53.3. The van der Waals surface area contributed by atoms with Crippen molar-refractivity contribution in [1.29, 1.82) is 0 Å². The topological polar surface area (TPSA) is 78.9 Å². The van der Waals surface area contributed by atoms with Gasteiger partial charge in [0.25, 0.3) is 0 Å². The molecule has 0 bridgehead atoms. The van der Waals surface area contributed by atoms with Gasteiger partial charge in [0.15, 0.2) is 6.10 Å². The van der Waals surface area contributed by atoms with Gasteiger partial charge in [0.1, 0.15) is 13.2 Å². The van der Waals surface area contributed by atoms with Crippen molar-refractivity contribution in [2.45, 2.75) is 335 Å². The summed E-state index contributed by atoms with van der Waals surface area (Å²) >= 11 is 0. The highest BCUT2D eigenvalue weighted by molar-refractivity contribution is 5.71. The number of hydrogen-bond donors (Lipinski definition) is 0. The summed E-state index contributed by atoms with van der Waals surface area (Å²) in [5.74, 6) is -0.952. The molecule has 0 aromatic heterocycles. The molecule has 6 nitrogen and oxygen atoms in total. The highest BCUT2D eigenvalue weighted by Crippen LogP contribution is 2.16. The van der Waals surface area contributed by atoms with Gasteiger partial charge in [0.05, 0.1) is 0 Å². The van der Waals surface area contributed by atoms with E-state index >= 15 is 0 Å². The number of unbranched alkanes of at least 4 members (excludes halogenated alkanes) is 33. The zero-order valence-electron chi connectivity index (χ0n) is 53.3. The van der Waals surface area contributed by atoms with Crippen molar-refractivity contribution in [1.82, 2.24) is 0 Å². The predicted molar refractivity (Wildman–Crippen MR) is 353 cm³/mol. The molecule has 1 unspecified atom stereocenters. The minimum absolute atomic E-state index is 0.0976. The molecule has 0 heterocycles. The molecule has 0 aromatic carbocycles. The third-order valence-electron chi connectivity index (χ3n) is 14.7. The lowest BCUT2D eigenvalue weighted by Crippen LogP contribution is -2.30. The molecule has 0 spiro atoms. The Bertz CT molecular complexity index is 1620. The molecular weight excluding hydrogens is 997 g/mol. The molecule has 0 radical (unpaired) electrons. The van der Waals surface area contributed by atoms with Gasteiger partial charge < -0.3 is 14.2 Å². The average Bonchev–Trinajstić information content (AvgIpc) is 3.47. The van der Waals surface area contributed by atoms with Crippen molar-refractivity contribution in [2.75, 3.05) is 13.2 Å². The SMILES string of the molecule is CC/C=C\C/C=C\C/C=C\C/C=C\C/C=C\CCCC(=O)OCC(COC(=O)CCCCCCCCCCCCCCC/C=C\C/C=C\CCCCCCC)OC(=O)CCCCCCCCCCC/C=C\C/C=C\CCCCCCC. The summed E-state index contributed by atoms with van der Waals surface area (Å²) in [6, 6.07) is 0. The third-order valence-corrected chi connectivity index (χ3v) is 14.7. The van der Waals surface area contributed by atoms with Crippen LogP contribution in [0.3, 0.4) is 0 Å². The maximum absolute atomic E-state index is 12.9. The summed E-state index contributed by atoms with van der Waals surface area (Å²) in [5, 5.41) is 0. The highest BCUT2D eigenvalue weighted by Gasteiger charge is 2.19. The second-order valence-electron chi connectivity index (χ2n) is 22.7. The Morgan fingerprint density at radius 1 is 0.259 bits per heavy atom. The van der Waals surface area contributed by atoms with E-state index in [2.05, 4.69) is 130 Å². The van der Waals surface area contributed by atoms with E-state index in [0.29, 0.717) is 19.3 Å². The van der Waals surface area contributed by atoms with Crippen LogP contribution in [0.2, 0.25) is 0 Å². The number of hydrogen-bond acceptors (Lipinski definition) is 6. The lowest BCUT2D eigenvalue weighted by atomic mass is 10.0. The molecule has 0 aliphatic rings. The number of rotatable bonds is 62. The smallest absolute Gasteiger partial charge is 0.306 e. The van der Waals surface area contributed by atoms with Gasteiger partial charge in [-0.2, -0.15) is 0 Å². The minimum Gasteiger partial charge on any atom is -0.462 e. The molecule has 6 heteroatoms. The van der Waals surface area contributed by atoms with Crippen LogP contribution in [0.25, 0.3) is 0 Å². The second-order valence-corrected chi connectivity index (χ2v) is 22.7. The van der Waals surface area contributed by atoms with Crippen molar-refractivity contribution < 1.29 is 28.6 Å². The standard InChI is InChI=1S/C75H128O6/c1-4-7-10-13-16-19-22-25-28-31-33-35-36-37-38-40-41-44-47-50-53-56-59-62-65-68-74(77)80-71-72(70-79-73(76)67-64-61-58-55-52-49-46-43-30-27-24-21-18-15-12-9-6-3)81-75(78)69-66-63-60-57-54-51-48-45-42-39-34-32-29-26-23-20-17-14-11-8-5-2/h9,12,18,21-23,25-27,30-34,46,49,55,58,72H,4-8,10-11,13-17,19-20,24,28-29,35-45,47-48,50-54,56-57,59-71H2,1-3H3/b12-9-,21-18-,25-22-,26-23-,30-27-,33-31-,34-32-,49-46-,58-55-. The van der Waals surface area contributed by atoms with Gasteiger partial charge in [0, 0.05) is 19.3 Å². The molecule has 0 saturated heterocycles. The van der Waals surface area contributed by atoms with Crippen LogP contribution in [0.4, 0.5) is 0 Å². The van der Waals surface area contributed by atoms with Gasteiger partial charge in [-0.3, -0.25) is 14.4 Å². The van der Waals surface area contributed by atoms with Gasteiger partial charge in [-0.25, -0.2) is 0 Å². The molecule has 0 saturated carbocycles. The Morgan fingerprint density at radius 2 is 0.494 bits per heavy atom. The van der Waals surface area contributed by atoms with E-state index in [1.54, 1.807) is 0 Å². The largest absolute Gasteiger partial charge is 0.462 e. The number of carbonyl (C=O) groups excluding carboxylic acids is 3. The quantitative estimate of drug-likeness (QED) is 0.0261. The van der Waals surface area contributed by atoms with Crippen LogP contribution in [-0.2, 0) is 28.6 Å². The first-order chi connectivity index (χ1) is 40.0. The van der Waals surface area contributed by atoms with Gasteiger partial charge in [0.2, 0.25) is 0 Å². The van der Waals surface area contributed by atoms with Crippen molar-refractivity contribution in [3.8, 4) is 0 Å². The number of carbonyl (C=O) groups is 3. The fourth-order valence-electron chi connectivity index (χ4n) is 9.60. The number of esters is 3. The molecule has 0 rings (SSSR count). The van der Waals surface area contributed by atoms with E-state index in [1.165, 1.54) is 193 Å². The predicted octanol–water partition coefficient (Wildman–Crippen LogP) is 23.8. The molecule has 0 aliphatic heterocycles. The summed E-state index contributed by atoms with van der Waals surface area (Å²) < 4.78 is 16.9. The summed E-state index contributed by atoms with van der Waals surface area (Å²) in [5.41, 5.74) is 0. The Hall–Kier alpha value is -3.93. The van der Waals surface area contributed by atoms with E-state index in [-0.39, 0.29) is 37.5 Å². The van der Waals surface area contributed by atoms with E-state index in [0.717, 1.165) is 89.9 Å². The molecule has 464 valence electrons. The van der Waals surface area contributed by atoms with Crippen LogP contribution in [-0.4, -0.2) is 37.2 Å². The third kappa shape index (κ3) is 66.8. The molecule has 0 fully saturated rings. The van der Waals surface area contributed by atoms with Gasteiger partial charge in [-0.05, 0) is 122 Å². The molecule has 81 heavy (non-hydrogen) atoms. The fourth-order valence-corrected chi connectivity index (χ4v) is 9.60. The Balaban J connectivity index is 4.41. The first kappa shape index (κ1) is 77.1. The van der Waals surface area contributed by atoms with Crippen molar-refractivity contribution in [3.63, 3.8) is 0 Å². The Morgan fingerprint density at radius 3 is 0.802 bits per heavy atom. The molecule has 0 aromatic rings. The summed E-state index contributed by atoms with van der Waals surface area (Å²) in [6.07, 6.45) is 94.0. The zero-order chi connectivity index (χ0) is 58.5. The van der Waals surface area contributed by atoms with Crippen LogP contribution < -0.4 is 0 Å². The van der Waals surface area contributed by atoms with E-state index in [9.17, 15) is 14.4 Å². The Kier molecular flexibility index (Phi) is 65.2. The second kappa shape index (κ2) is 68.6. The fraction of sp³-hybridized carbons (Fsp3) is 0.720. The van der Waals surface area contributed by atoms with E-state index < -0.39 is 6.10 Å². The van der Waals surface area contributed by atoms with Gasteiger partial charge in [-0.1, -0.05) is 297 Å². The molecule has 0 amide bonds. The summed E-state index contributed by atoms with van der Waals surface area (Å²) in [6.45, 7) is 6.49. The average molecular weight is 1130 g/mol. The molecule has 0 aliphatic carbocycles. The summed E-state index contributed by atoms with van der Waals surface area (Å²) in [7, 11) is 0. The normalized spacial score (nSPS) is 12.8. The van der Waals surface area contributed by atoms with Crippen LogP contribution in [0.5, 0.6) is 0 Å². The monoisotopic (exact) mass is 1120 g/mol. The maximum Gasteiger partial charge on any atom is 0.306 e. The van der Waals surface area contributed by atoms with Gasteiger partial charge in [-0.15, -0.1) is 0 Å². The van der Waals surface area contributed by atoms with Crippen LogP contribution in [0, 0.1) is 0 Å². The lowest BCUT2D eigenvalue weighted by molar-refractivity contribution is -0.167. The van der Waals surface area contributed by atoms with E-state index in [1.807, 2.05) is 0 Å². The highest BCUT2D eigenvalue weighted by atomic mass is 16.6. The minimum atomic E-state index is -0.807. The Labute approximate surface area is 501 Å². The van der Waals surface area contributed by atoms with Gasteiger partial charge >= 0.3 is 17.9 Å². The first-order valence-electron chi connectivity index (χ1n) is 34.4. The maximum atomic E-state index is 12.9. The van der Waals surface area contributed by atoms with Crippen molar-refractivity contribution in [3.05, 3.63) is 109 Å². The van der Waals surface area contributed by atoms with Crippen LogP contribution >= 0.6 is 0 Å². The molecule has 1 atom stereocenters. The van der Waals surface area contributed by atoms with Crippen molar-refractivity contribution in [2.24, 2.45) is 0 Å². The summed E-state index contributed by atoms with van der Waals surface area (Å²) in [4.78, 5) is 38.4. The lowest BCUT2D eigenvalue weighted by Gasteiger charge is -2.18.